The molecule has 4 rings (SSSR count). The van der Waals surface area contributed by atoms with E-state index in [1.54, 1.807) is 6.08 Å². The second-order valence-corrected chi connectivity index (χ2v) is 5.43. The lowest BCUT2D eigenvalue weighted by Gasteiger charge is -2.64. The summed E-state index contributed by atoms with van der Waals surface area (Å²) in [7, 11) is 0. The van der Waals surface area contributed by atoms with Gasteiger partial charge < -0.3 is 0 Å². The van der Waals surface area contributed by atoms with Gasteiger partial charge in [-0.05, 0) is 0 Å². The summed E-state index contributed by atoms with van der Waals surface area (Å²) in [5, 5.41) is -0.835. The highest BCUT2D eigenvalue weighted by molar-refractivity contribution is 6.32. The van der Waals surface area contributed by atoms with Crippen molar-refractivity contribution in [3.05, 3.63) is 12.7 Å². The fraction of sp³-hybridized carbons (Fsp3) is 0.778. The topological polar surface area (TPSA) is 13.0 Å². The van der Waals surface area contributed by atoms with Gasteiger partial charge in [-0.1, -0.05) is 17.7 Å². The normalized spacial score (nSPS) is 54.3. The number of nitrogens with zero attached hydrogens (tertiary/aromatic N) is 4. The van der Waals surface area contributed by atoms with Gasteiger partial charge in [0.15, 0.2) is 5.12 Å². The van der Waals surface area contributed by atoms with Crippen LogP contribution < -0.4 is 0 Å². The van der Waals surface area contributed by atoms with Crippen LogP contribution in [0.3, 0.4) is 0 Å². The van der Waals surface area contributed by atoms with Gasteiger partial charge in [-0.3, -0.25) is 9.80 Å². The molecule has 0 radical (unpaired) electrons. The minimum atomic E-state index is -0.587. The number of hydrogen-bond acceptors (Lipinski definition) is 4. The van der Waals surface area contributed by atoms with E-state index in [1.807, 2.05) is 0 Å². The lowest BCUT2D eigenvalue weighted by molar-refractivity contribution is -0.245. The van der Waals surface area contributed by atoms with Gasteiger partial charge in [0, 0.05) is 0 Å². The standard InChI is InChI=1S/C9H14Cl2N4/c1-2-8(10)9(11)14-4-12-3-13(6-14)7-15(9)5-12/h2,8H,1,3-7H2. The maximum Gasteiger partial charge on any atom is 0.175 e. The van der Waals surface area contributed by atoms with Crippen LogP contribution in [0.1, 0.15) is 0 Å². The van der Waals surface area contributed by atoms with Crippen LogP contribution in [-0.2, 0) is 0 Å². The minimum absolute atomic E-state index is 0.249. The van der Waals surface area contributed by atoms with Crippen molar-refractivity contribution in [2.24, 2.45) is 0 Å². The highest BCUT2D eigenvalue weighted by Crippen LogP contribution is 2.41. The quantitative estimate of drug-likeness (QED) is 0.406. The zero-order chi connectivity index (χ0) is 10.6. The van der Waals surface area contributed by atoms with E-state index in [-0.39, 0.29) is 5.38 Å². The molecule has 84 valence electrons. The summed E-state index contributed by atoms with van der Waals surface area (Å²) in [6, 6.07) is 0. The smallest absolute Gasteiger partial charge is 0.175 e. The number of alkyl halides is 2. The summed E-state index contributed by atoms with van der Waals surface area (Å²) in [5.41, 5.74) is 0. The second kappa shape index (κ2) is 3.32. The van der Waals surface area contributed by atoms with E-state index in [1.165, 1.54) is 0 Å². The van der Waals surface area contributed by atoms with Crippen LogP contribution in [0.25, 0.3) is 0 Å². The minimum Gasteiger partial charge on any atom is -0.264 e. The van der Waals surface area contributed by atoms with Crippen molar-refractivity contribution in [2.45, 2.75) is 10.5 Å². The molecule has 4 fully saturated rings. The fourth-order valence-corrected chi connectivity index (χ4v) is 3.28. The van der Waals surface area contributed by atoms with Crippen molar-refractivity contribution in [1.82, 2.24) is 19.6 Å². The van der Waals surface area contributed by atoms with E-state index in [0.717, 1.165) is 33.3 Å². The van der Waals surface area contributed by atoms with Gasteiger partial charge in [-0.15, -0.1) is 18.2 Å². The summed E-state index contributed by atoms with van der Waals surface area (Å²) < 4.78 is 0. The zero-order valence-electron chi connectivity index (χ0n) is 8.44. The Morgan fingerprint density at radius 1 is 1.07 bits per heavy atom. The van der Waals surface area contributed by atoms with Gasteiger partial charge in [0.2, 0.25) is 0 Å². The highest BCUT2D eigenvalue weighted by Gasteiger charge is 2.55. The van der Waals surface area contributed by atoms with Crippen LogP contribution in [0, 0.1) is 0 Å². The largest absolute Gasteiger partial charge is 0.264 e. The van der Waals surface area contributed by atoms with E-state index < -0.39 is 5.12 Å². The average Bonchev–Trinajstić information content (AvgIpc) is 2.23. The predicted molar refractivity (Wildman–Crippen MR) is 60.1 cm³/mol. The Kier molecular flexibility index (Phi) is 2.29. The molecule has 4 nitrogen and oxygen atoms in total. The van der Waals surface area contributed by atoms with Crippen LogP contribution in [-0.4, -0.2) is 63.4 Å². The van der Waals surface area contributed by atoms with Gasteiger partial charge in [0.25, 0.3) is 0 Å². The Balaban J connectivity index is 1.94. The van der Waals surface area contributed by atoms with Crippen molar-refractivity contribution >= 4 is 23.2 Å². The fourth-order valence-electron chi connectivity index (χ4n) is 2.70. The molecule has 0 aliphatic carbocycles. The monoisotopic (exact) mass is 248 g/mol. The molecule has 0 N–H and O–H groups in total. The van der Waals surface area contributed by atoms with Crippen LogP contribution in [0.2, 0.25) is 0 Å². The molecule has 1 unspecified atom stereocenters. The molecule has 4 heterocycles. The third kappa shape index (κ3) is 1.30. The molecule has 0 aromatic heterocycles. The molecule has 4 aliphatic rings. The number of hydrogen-bond donors (Lipinski definition) is 0. The molecule has 0 aromatic carbocycles. The Morgan fingerprint density at radius 3 is 1.93 bits per heavy atom. The maximum absolute atomic E-state index is 6.67. The Morgan fingerprint density at radius 2 is 1.53 bits per heavy atom. The molecular weight excluding hydrogens is 235 g/mol. The van der Waals surface area contributed by atoms with Crippen LogP contribution in [0.15, 0.2) is 12.7 Å². The van der Waals surface area contributed by atoms with Crippen LogP contribution in [0.4, 0.5) is 0 Å². The van der Waals surface area contributed by atoms with E-state index in [2.05, 4.69) is 26.2 Å². The van der Waals surface area contributed by atoms with Crippen molar-refractivity contribution in [3.63, 3.8) is 0 Å². The Labute approximate surface area is 99.6 Å². The summed E-state index contributed by atoms with van der Waals surface area (Å²) >= 11 is 13.0. The van der Waals surface area contributed by atoms with Gasteiger partial charge in [0.05, 0.1) is 38.7 Å². The third-order valence-corrected chi connectivity index (χ3v) is 4.64. The van der Waals surface area contributed by atoms with E-state index >= 15 is 0 Å². The summed E-state index contributed by atoms with van der Waals surface area (Å²) in [5.74, 6) is 0. The van der Waals surface area contributed by atoms with Crippen molar-refractivity contribution in [1.29, 1.82) is 0 Å². The van der Waals surface area contributed by atoms with Crippen molar-refractivity contribution in [3.8, 4) is 0 Å². The van der Waals surface area contributed by atoms with Gasteiger partial charge >= 0.3 is 0 Å². The number of rotatable bonds is 2. The predicted octanol–water partition coefficient (Wildman–Crippen LogP) is 0.709. The Hall–Kier alpha value is 0.160. The third-order valence-electron chi connectivity index (χ3n) is 3.33. The maximum atomic E-state index is 6.67. The molecule has 4 aliphatic heterocycles. The lowest BCUT2D eigenvalue weighted by Crippen LogP contribution is -2.81. The molecule has 0 spiro atoms. The number of halogens is 2. The molecule has 0 aromatic rings. The van der Waals surface area contributed by atoms with E-state index in [4.69, 9.17) is 23.2 Å². The first-order chi connectivity index (χ1) is 7.14. The van der Waals surface area contributed by atoms with Gasteiger partial charge in [0.1, 0.15) is 0 Å². The van der Waals surface area contributed by atoms with E-state index in [9.17, 15) is 0 Å². The molecule has 4 bridgehead atoms. The van der Waals surface area contributed by atoms with Gasteiger partial charge in [-0.2, -0.15) is 0 Å². The zero-order valence-corrected chi connectivity index (χ0v) is 9.95. The van der Waals surface area contributed by atoms with Crippen LogP contribution in [0.5, 0.6) is 0 Å². The SMILES string of the molecule is C=CC(Cl)C1(Cl)N2CN3CN(C2)CN1C3. The summed E-state index contributed by atoms with van der Waals surface area (Å²) in [4.78, 5) is 9.09. The summed E-state index contributed by atoms with van der Waals surface area (Å²) in [6.07, 6.45) is 1.72. The molecule has 4 saturated heterocycles. The molecule has 15 heavy (non-hydrogen) atoms. The average molecular weight is 249 g/mol. The second-order valence-electron chi connectivity index (χ2n) is 4.40. The lowest BCUT2D eigenvalue weighted by atomic mass is 10.2. The van der Waals surface area contributed by atoms with Gasteiger partial charge in [-0.25, -0.2) is 9.80 Å². The first kappa shape index (κ1) is 10.3. The van der Waals surface area contributed by atoms with Crippen molar-refractivity contribution < 1.29 is 0 Å². The Bertz CT molecular complexity index is 268. The van der Waals surface area contributed by atoms with Crippen LogP contribution >= 0.6 is 23.2 Å². The van der Waals surface area contributed by atoms with Crippen molar-refractivity contribution in [2.75, 3.05) is 33.3 Å². The highest BCUT2D eigenvalue weighted by atomic mass is 35.5. The summed E-state index contributed by atoms with van der Waals surface area (Å²) in [6.45, 7) is 8.37. The molecule has 0 saturated carbocycles. The first-order valence-corrected chi connectivity index (χ1v) is 5.86. The first-order valence-electron chi connectivity index (χ1n) is 5.05. The van der Waals surface area contributed by atoms with E-state index in [0.29, 0.717) is 0 Å². The molecule has 6 heteroatoms. The molecular formula is C9H14Cl2N4. The molecule has 0 amide bonds. The molecule has 1 atom stereocenters.